The molecular formula is C10H11ClN2O2S. The van der Waals surface area contributed by atoms with Crippen molar-refractivity contribution in [3.05, 3.63) is 17.3 Å². The summed E-state index contributed by atoms with van der Waals surface area (Å²) in [6.07, 6.45) is 1.55. The van der Waals surface area contributed by atoms with Crippen LogP contribution in [0, 0.1) is 0 Å². The van der Waals surface area contributed by atoms with E-state index in [1.165, 1.54) is 11.3 Å². The Morgan fingerprint density at radius 2 is 2.38 bits per heavy atom. The van der Waals surface area contributed by atoms with Crippen LogP contribution in [0.3, 0.4) is 0 Å². The summed E-state index contributed by atoms with van der Waals surface area (Å²) in [4.78, 5) is 0.868. The van der Waals surface area contributed by atoms with Crippen molar-refractivity contribution in [1.29, 1.82) is 0 Å². The third-order valence-electron chi connectivity index (χ3n) is 2.03. The monoisotopic (exact) mass is 258 g/mol. The Kier molecular flexibility index (Phi) is 3.79. The van der Waals surface area contributed by atoms with E-state index in [1.807, 2.05) is 11.4 Å². The summed E-state index contributed by atoms with van der Waals surface area (Å²) >= 11 is 7.11. The van der Waals surface area contributed by atoms with Gasteiger partial charge in [-0.3, -0.25) is 0 Å². The number of hydrogen-bond donors (Lipinski definition) is 0. The van der Waals surface area contributed by atoms with Crippen molar-refractivity contribution in [3.8, 4) is 16.5 Å². The molecule has 86 valence electrons. The number of alkyl halides is 1. The second-order valence-corrected chi connectivity index (χ2v) is 4.41. The number of thiophene rings is 1. The molecule has 0 fully saturated rings. The molecule has 0 amide bonds. The van der Waals surface area contributed by atoms with E-state index in [9.17, 15) is 0 Å². The van der Waals surface area contributed by atoms with E-state index in [0.717, 1.165) is 17.0 Å². The van der Waals surface area contributed by atoms with Gasteiger partial charge in [-0.15, -0.1) is 33.1 Å². The van der Waals surface area contributed by atoms with Gasteiger partial charge in [0.1, 0.15) is 10.6 Å². The van der Waals surface area contributed by atoms with Crippen molar-refractivity contribution in [1.82, 2.24) is 10.2 Å². The van der Waals surface area contributed by atoms with Crippen molar-refractivity contribution >= 4 is 22.9 Å². The van der Waals surface area contributed by atoms with Gasteiger partial charge < -0.3 is 9.15 Å². The summed E-state index contributed by atoms with van der Waals surface area (Å²) in [5, 5.41) is 9.88. The van der Waals surface area contributed by atoms with Gasteiger partial charge in [-0.25, -0.2) is 0 Å². The minimum Gasteiger partial charge on any atom is -0.495 e. The van der Waals surface area contributed by atoms with Gasteiger partial charge >= 0.3 is 0 Å². The molecule has 0 saturated heterocycles. The molecule has 0 bridgehead atoms. The molecule has 2 heterocycles. The van der Waals surface area contributed by atoms with Crippen LogP contribution in [-0.2, 0) is 6.42 Å². The predicted octanol–water partition coefficient (Wildman–Crippen LogP) is 2.98. The van der Waals surface area contributed by atoms with Gasteiger partial charge in [0.05, 0.1) is 7.11 Å². The fourth-order valence-corrected chi connectivity index (χ4v) is 2.19. The zero-order valence-electron chi connectivity index (χ0n) is 8.77. The Morgan fingerprint density at radius 3 is 3.12 bits per heavy atom. The summed E-state index contributed by atoms with van der Waals surface area (Å²) in [6, 6.07) is 1.88. The van der Waals surface area contributed by atoms with Crippen LogP contribution >= 0.6 is 22.9 Å². The first-order valence-corrected chi connectivity index (χ1v) is 6.26. The Balaban J connectivity index is 2.18. The summed E-state index contributed by atoms with van der Waals surface area (Å²) in [5.74, 6) is 2.49. The minimum atomic E-state index is 0.511. The van der Waals surface area contributed by atoms with Crippen molar-refractivity contribution in [3.63, 3.8) is 0 Å². The van der Waals surface area contributed by atoms with Crippen molar-refractivity contribution in [2.45, 2.75) is 12.8 Å². The highest BCUT2D eigenvalue weighted by Gasteiger charge is 2.14. The highest BCUT2D eigenvalue weighted by molar-refractivity contribution is 7.13. The van der Waals surface area contributed by atoms with E-state index in [4.69, 9.17) is 20.8 Å². The molecule has 0 atom stereocenters. The lowest BCUT2D eigenvalue weighted by atomic mass is 10.3. The lowest BCUT2D eigenvalue weighted by Crippen LogP contribution is -1.85. The Bertz CT molecular complexity index is 455. The fourth-order valence-electron chi connectivity index (χ4n) is 1.28. The average molecular weight is 259 g/mol. The smallest absolute Gasteiger partial charge is 0.261 e. The second kappa shape index (κ2) is 5.32. The number of methoxy groups -OCH3 is 1. The van der Waals surface area contributed by atoms with Crippen LogP contribution < -0.4 is 4.74 Å². The molecule has 0 saturated carbocycles. The molecule has 0 aliphatic carbocycles. The summed E-state index contributed by atoms with van der Waals surface area (Å²) in [5.41, 5.74) is 0. The standard InChI is InChI=1S/C10H11ClN2O2S/c1-14-7-4-6-16-9(7)10-13-12-8(15-10)3-2-5-11/h4,6H,2-3,5H2,1H3. The molecule has 2 rings (SSSR count). The molecular weight excluding hydrogens is 248 g/mol. The van der Waals surface area contributed by atoms with Gasteiger partial charge in [-0.2, -0.15) is 0 Å². The summed E-state index contributed by atoms with van der Waals surface area (Å²) in [6.45, 7) is 0. The van der Waals surface area contributed by atoms with E-state index in [-0.39, 0.29) is 0 Å². The van der Waals surface area contributed by atoms with Crippen LogP contribution in [0.2, 0.25) is 0 Å². The molecule has 2 aromatic heterocycles. The third kappa shape index (κ3) is 2.36. The average Bonchev–Trinajstić information content (AvgIpc) is 2.94. The first-order chi connectivity index (χ1) is 7.85. The first-order valence-electron chi connectivity index (χ1n) is 4.85. The Labute approximate surface area is 102 Å². The zero-order chi connectivity index (χ0) is 11.4. The molecule has 0 spiro atoms. The molecule has 6 heteroatoms. The van der Waals surface area contributed by atoms with Gasteiger partial charge in [-0.1, -0.05) is 0 Å². The Morgan fingerprint density at radius 1 is 1.50 bits per heavy atom. The van der Waals surface area contributed by atoms with E-state index in [1.54, 1.807) is 7.11 Å². The molecule has 0 radical (unpaired) electrons. The maximum atomic E-state index is 5.60. The van der Waals surface area contributed by atoms with Crippen LogP contribution in [0.1, 0.15) is 12.3 Å². The number of aromatic nitrogens is 2. The zero-order valence-corrected chi connectivity index (χ0v) is 10.3. The lowest BCUT2D eigenvalue weighted by molar-refractivity contribution is 0.415. The lowest BCUT2D eigenvalue weighted by Gasteiger charge is -1.96. The predicted molar refractivity (Wildman–Crippen MR) is 63.2 cm³/mol. The molecule has 2 aromatic rings. The van der Waals surface area contributed by atoms with E-state index < -0.39 is 0 Å². The summed E-state index contributed by atoms with van der Waals surface area (Å²) in [7, 11) is 1.62. The van der Waals surface area contributed by atoms with Gasteiger partial charge in [0.2, 0.25) is 5.89 Å². The van der Waals surface area contributed by atoms with Gasteiger partial charge in [0, 0.05) is 12.3 Å². The minimum absolute atomic E-state index is 0.511. The number of halogens is 1. The summed E-state index contributed by atoms with van der Waals surface area (Å²) < 4.78 is 10.7. The van der Waals surface area contributed by atoms with Gasteiger partial charge in [0.25, 0.3) is 5.89 Å². The molecule has 4 nitrogen and oxygen atoms in total. The molecule has 16 heavy (non-hydrogen) atoms. The third-order valence-corrected chi connectivity index (χ3v) is 3.19. The topological polar surface area (TPSA) is 48.2 Å². The van der Waals surface area contributed by atoms with Crippen LogP contribution in [-0.4, -0.2) is 23.2 Å². The largest absolute Gasteiger partial charge is 0.495 e. The van der Waals surface area contributed by atoms with Gasteiger partial charge in [-0.05, 0) is 17.9 Å². The highest BCUT2D eigenvalue weighted by atomic mass is 35.5. The normalized spacial score (nSPS) is 10.6. The quantitative estimate of drug-likeness (QED) is 0.774. The maximum Gasteiger partial charge on any atom is 0.261 e. The number of aryl methyl sites for hydroxylation is 1. The van der Waals surface area contributed by atoms with E-state index in [2.05, 4.69) is 10.2 Å². The molecule has 0 unspecified atom stereocenters. The van der Waals surface area contributed by atoms with E-state index >= 15 is 0 Å². The highest BCUT2D eigenvalue weighted by Crippen LogP contribution is 2.34. The van der Waals surface area contributed by atoms with Crippen LogP contribution in [0.5, 0.6) is 5.75 Å². The van der Waals surface area contributed by atoms with Crippen molar-refractivity contribution in [2.24, 2.45) is 0 Å². The first kappa shape index (κ1) is 11.4. The van der Waals surface area contributed by atoms with E-state index in [0.29, 0.717) is 24.1 Å². The van der Waals surface area contributed by atoms with Gasteiger partial charge in [0.15, 0.2) is 0 Å². The SMILES string of the molecule is COc1ccsc1-c1nnc(CCCCl)o1. The number of ether oxygens (including phenoxy) is 1. The number of hydrogen-bond acceptors (Lipinski definition) is 5. The molecule has 0 aliphatic rings. The van der Waals surface area contributed by atoms with Crippen LogP contribution in [0.4, 0.5) is 0 Å². The molecule has 0 aromatic carbocycles. The Hall–Kier alpha value is -1.07. The van der Waals surface area contributed by atoms with Crippen LogP contribution in [0.25, 0.3) is 10.8 Å². The van der Waals surface area contributed by atoms with Crippen LogP contribution in [0.15, 0.2) is 15.9 Å². The van der Waals surface area contributed by atoms with Crippen molar-refractivity contribution < 1.29 is 9.15 Å². The number of nitrogens with zero attached hydrogens (tertiary/aromatic N) is 2. The van der Waals surface area contributed by atoms with Crippen molar-refractivity contribution in [2.75, 3.05) is 13.0 Å². The fraction of sp³-hybridized carbons (Fsp3) is 0.400. The molecule has 0 aliphatic heterocycles. The second-order valence-electron chi connectivity index (χ2n) is 3.11. The molecule has 0 N–H and O–H groups in total. The number of rotatable bonds is 5. The maximum absolute atomic E-state index is 5.60.